The molecule has 10 heteroatoms. The normalized spacial score (nSPS) is 12.5. The van der Waals surface area contributed by atoms with Crippen molar-refractivity contribution in [3.63, 3.8) is 0 Å². The lowest BCUT2D eigenvalue weighted by Crippen LogP contribution is -2.36. The van der Waals surface area contributed by atoms with Gasteiger partial charge in [0.05, 0.1) is 4.90 Å². The molecule has 0 bridgehead atoms. The van der Waals surface area contributed by atoms with Crippen LogP contribution in [0.3, 0.4) is 0 Å². The molecule has 3 rings (SSSR count). The smallest absolute Gasteiger partial charge is 0.341 e. The SMILES string of the molecule is CCCN(CC(C)Sc1ccc(OCC(=O)O)c(C)c1)S(=O)(=O)c1ccc(-c2ccc(F)cc2)c(Cl)c1. The fourth-order valence-electron chi connectivity index (χ4n) is 3.78. The van der Waals surface area contributed by atoms with Gasteiger partial charge in [-0.2, -0.15) is 4.31 Å². The third kappa shape index (κ3) is 7.70. The van der Waals surface area contributed by atoms with E-state index >= 15 is 0 Å². The molecule has 1 atom stereocenters. The van der Waals surface area contributed by atoms with Gasteiger partial charge in [0.2, 0.25) is 10.0 Å². The first kappa shape index (κ1) is 29.0. The van der Waals surface area contributed by atoms with Gasteiger partial charge in [-0.15, -0.1) is 11.8 Å². The number of aryl methyl sites for hydroxylation is 1. The van der Waals surface area contributed by atoms with Gasteiger partial charge < -0.3 is 9.84 Å². The van der Waals surface area contributed by atoms with Gasteiger partial charge in [0.25, 0.3) is 0 Å². The number of rotatable bonds is 12. The lowest BCUT2D eigenvalue weighted by molar-refractivity contribution is -0.139. The Balaban J connectivity index is 1.75. The van der Waals surface area contributed by atoms with Crippen LogP contribution in [0.5, 0.6) is 5.75 Å². The van der Waals surface area contributed by atoms with Crippen molar-refractivity contribution < 1.29 is 27.4 Å². The summed E-state index contributed by atoms with van der Waals surface area (Å²) in [6.45, 7) is 5.93. The standard InChI is InChI=1S/C27H29ClFNO5S2/c1-4-13-30(16-19(3)36-22-9-12-26(18(2)14-22)35-17-27(31)32)37(33,34)23-10-11-24(25(28)15-23)20-5-7-21(29)8-6-20/h5-12,14-15,19H,4,13,16-17H2,1-3H3,(H,31,32). The fourth-order valence-corrected chi connectivity index (χ4v) is 6.99. The van der Waals surface area contributed by atoms with E-state index < -0.39 is 22.6 Å². The van der Waals surface area contributed by atoms with Crippen molar-refractivity contribution >= 4 is 39.4 Å². The van der Waals surface area contributed by atoms with Crippen LogP contribution in [0.15, 0.2) is 70.5 Å². The van der Waals surface area contributed by atoms with E-state index in [4.69, 9.17) is 21.4 Å². The zero-order valence-corrected chi connectivity index (χ0v) is 23.2. The number of halogens is 2. The first-order valence-corrected chi connectivity index (χ1v) is 14.4. The van der Waals surface area contributed by atoms with Gasteiger partial charge in [-0.05, 0) is 66.9 Å². The van der Waals surface area contributed by atoms with Crippen LogP contribution >= 0.6 is 23.4 Å². The van der Waals surface area contributed by atoms with Crippen LogP contribution in [0.2, 0.25) is 5.02 Å². The third-order valence-electron chi connectivity index (χ3n) is 5.50. The number of sulfonamides is 1. The summed E-state index contributed by atoms with van der Waals surface area (Å²) >= 11 is 7.97. The minimum absolute atomic E-state index is 0.0690. The van der Waals surface area contributed by atoms with E-state index in [2.05, 4.69) is 0 Å². The van der Waals surface area contributed by atoms with Crippen LogP contribution < -0.4 is 4.74 Å². The largest absolute Gasteiger partial charge is 0.482 e. The number of aliphatic carboxylic acids is 1. The minimum atomic E-state index is -3.81. The summed E-state index contributed by atoms with van der Waals surface area (Å²) in [5.74, 6) is -0.912. The zero-order chi connectivity index (χ0) is 27.2. The Labute approximate surface area is 226 Å². The molecule has 37 heavy (non-hydrogen) atoms. The van der Waals surface area contributed by atoms with E-state index in [1.165, 1.54) is 40.3 Å². The molecule has 1 unspecified atom stereocenters. The number of carboxylic acids is 1. The summed E-state index contributed by atoms with van der Waals surface area (Å²) in [6, 6.07) is 15.9. The summed E-state index contributed by atoms with van der Waals surface area (Å²) < 4.78 is 47.1. The molecule has 3 aromatic carbocycles. The van der Waals surface area contributed by atoms with Gasteiger partial charge in [0.1, 0.15) is 11.6 Å². The lowest BCUT2D eigenvalue weighted by Gasteiger charge is -2.25. The van der Waals surface area contributed by atoms with Crippen molar-refractivity contribution in [3.05, 3.63) is 77.1 Å². The predicted molar refractivity (Wildman–Crippen MR) is 146 cm³/mol. The molecule has 1 N–H and O–H groups in total. The van der Waals surface area contributed by atoms with E-state index in [-0.39, 0.29) is 27.5 Å². The van der Waals surface area contributed by atoms with Crippen molar-refractivity contribution in [2.45, 2.75) is 42.2 Å². The summed E-state index contributed by atoms with van der Waals surface area (Å²) in [4.78, 5) is 11.8. The molecule has 0 aliphatic rings. The predicted octanol–water partition coefficient (Wildman–Crippen LogP) is 6.50. The molecule has 0 heterocycles. The lowest BCUT2D eigenvalue weighted by atomic mass is 10.1. The zero-order valence-electron chi connectivity index (χ0n) is 20.8. The molecule has 3 aromatic rings. The molecule has 0 saturated carbocycles. The number of carbonyl (C=O) groups is 1. The number of benzene rings is 3. The Kier molecular flexibility index (Phi) is 10.0. The quantitative estimate of drug-likeness (QED) is 0.252. The second-order valence-electron chi connectivity index (χ2n) is 8.55. The Hall–Kier alpha value is -2.59. The van der Waals surface area contributed by atoms with Gasteiger partial charge in [-0.25, -0.2) is 17.6 Å². The molecule has 0 aromatic heterocycles. The third-order valence-corrected chi connectivity index (χ3v) is 8.75. The van der Waals surface area contributed by atoms with Gasteiger partial charge in [-0.3, -0.25) is 0 Å². The van der Waals surface area contributed by atoms with E-state index in [0.29, 0.717) is 29.8 Å². The van der Waals surface area contributed by atoms with Crippen molar-refractivity contribution in [2.75, 3.05) is 19.7 Å². The van der Waals surface area contributed by atoms with Crippen molar-refractivity contribution in [2.24, 2.45) is 0 Å². The van der Waals surface area contributed by atoms with E-state index in [0.717, 1.165) is 10.5 Å². The number of hydrogen-bond acceptors (Lipinski definition) is 5. The highest BCUT2D eigenvalue weighted by Crippen LogP contribution is 2.33. The Bertz CT molecular complexity index is 1350. The summed E-state index contributed by atoms with van der Waals surface area (Å²) in [6.07, 6.45) is 0.646. The summed E-state index contributed by atoms with van der Waals surface area (Å²) in [5, 5.41) is 9.00. The maximum Gasteiger partial charge on any atom is 0.341 e. The van der Waals surface area contributed by atoms with E-state index in [1.807, 2.05) is 32.9 Å². The molecule has 0 amide bonds. The molecular weight excluding hydrogens is 537 g/mol. The molecule has 0 fully saturated rings. The second-order valence-corrected chi connectivity index (χ2v) is 12.4. The minimum Gasteiger partial charge on any atom is -0.482 e. The maximum absolute atomic E-state index is 13.5. The molecule has 0 radical (unpaired) electrons. The molecule has 0 saturated heterocycles. The number of thioether (sulfide) groups is 1. The van der Waals surface area contributed by atoms with Gasteiger partial charge in [-0.1, -0.05) is 43.6 Å². The van der Waals surface area contributed by atoms with Crippen molar-refractivity contribution in [1.82, 2.24) is 4.31 Å². The van der Waals surface area contributed by atoms with Gasteiger partial charge in [0, 0.05) is 33.8 Å². The van der Waals surface area contributed by atoms with Crippen LogP contribution in [0.1, 0.15) is 25.8 Å². The highest BCUT2D eigenvalue weighted by Gasteiger charge is 2.26. The Morgan fingerprint density at radius 2 is 1.84 bits per heavy atom. The second kappa shape index (κ2) is 12.8. The number of nitrogens with zero attached hydrogens (tertiary/aromatic N) is 1. The monoisotopic (exact) mass is 565 g/mol. The van der Waals surface area contributed by atoms with Gasteiger partial charge in [0.15, 0.2) is 6.61 Å². The average Bonchev–Trinajstić information content (AvgIpc) is 2.83. The van der Waals surface area contributed by atoms with Crippen LogP contribution in [0, 0.1) is 12.7 Å². The van der Waals surface area contributed by atoms with Gasteiger partial charge >= 0.3 is 5.97 Å². The van der Waals surface area contributed by atoms with Crippen LogP contribution in [0.4, 0.5) is 4.39 Å². The maximum atomic E-state index is 13.5. The molecule has 198 valence electrons. The molecule has 0 aliphatic heterocycles. The summed E-state index contributed by atoms with van der Waals surface area (Å²) in [5.41, 5.74) is 2.12. The summed E-state index contributed by atoms with van der Waals surface area (Å²) in [7, 11) is -3.81. The van der Waals surface area contributed by atoms with Crippen LogP contribution in [-0.4, -0.2) is 48.7 Å². The van der Waals surface area contributed by atoms with Crippen LogP contribution in [-0.2, 0) is 14.8 Å². The molecule has 0 spiro atoms. The first-order valence-electron chi connectivity index (χ1n) is 11.7. The van der Waals surface area contributed by atoms with Crippen molar-refractivity contribution in [1.29, 1.82) is 0 Å². The highest BCUT2D eigenvalue weighted by atomic mass is 35.5. The number of ether oxygens (including phenoxy) is 1. The number of carboxylic acid groups (broad SMARTS) is 1. The first-order chi connectivity index (χ1) is 17.5. The molecular formula is C27H29ClFNO5S2. The molecule has 6 nitrogen and oxygen atoms in total. The Morgan fingerprint density at radius 3 is 2.43 bits per heavy atom. The number of hydrogen-bond donors (Lipinski definition) is 1. The molecule has 0 aliphatic carbocycles. The highest BCUT2D eigenvalue weighted by molar-refractivity contribution is 8.00. The van der Waals surface area contributed by atoms with Crippen molar-refractivity contribution in [3.8, 4) is 16.9 Å². The average molecular weight is 566 g/mol. The fraction of sp³-hybridized carbons (Fsp3) is 0.296. The van der Waals surface area contributed by atoms with Crippen LogP contribution in [0.25, 0.3) is 11.1 Å². The topological polar surface area (TPSA) is 83.9 Å². The van der Waals surface area contributed by atoms with E-state index in [9.17, 15) is 17.6 Å². The Morgan fingerprint density at radius 1 is 1.14 bits per heavy atom. The van der Waals surface area contributed by atoms with E-state index in [1.54, 1.807) is 24.3 Å².